The quantitative estimate of drug-likeness (QED) is 0.568. The molecule has 3 rings (SSSR count). The average molecular weight is 280 g/mol. The second-order valence-electron chi connectivity index (χ2n) is 3.75. The molecule has 7 heteroatoms. The van der Waals surface area contributed by atoms with E-state index in [9.17, 15) is 0 Å². The molecule has 0 aliphatic rings. The maximum atomic E-state index is 5.96. The third-order valence-electron chi connectivity index (χ3n) is 2.71. The first-order chi connectivity index (χ1) is 8.79. The zero-order valence-corrected chi connectivity index (χ0v) is 10.8. The molecule has 0 spiro atoms. The Bertz CT molecular complexity index is 677. The molecule has 3 N–H and O–H groups in total. The van der Waals surface area contributed by atoms with E-state index in [1.165, 1.54) is 11.3 Å². The van der Waals surface area contributed by atoms with Crippen LogP contribution in [0.5, 0.6) is 0 Å². The Morgan fingerprint density at radius 3 is 3.00 bits per heavy atom. The van der Waals surface area contributed by atoms with E-state index in [0.29, 0.717) is 0 Å². The van der Waals surface area contributed by atoms with Crippen LogP contribution in [0.3, 0.4) is 0 Å². The van der Waals surface area contributed by atoms with E-state index in [2.05, 4.69) is 15.5 Å². The van der Waals surface area contributed by atoms with Crippen molar-refractivity contribution in [3.63, 3.8) is 0 Å². The highest BCUT2D eigenvalue weighted by Gasteiger charge is 2.18. The van der Waals surface area contributed by atoms with Gasteiger partial charge >= 0.3 is 0 Å². The molecule has 0 aliphatic heterocycles. The monoisotopic (exact) mass is 279 g/mol. The minimum absolute atomic E-state index is 0.135. The van der Waals surface area contributed by atoms with Crippen molar-refractivity contribution in [2.45, 2.75) is 6.04 Å². The van der Waals surface area contributed by atoms with Crippen LogP contribution < -0.4 is 11.3 Å². The molecule has 1 unspecified atom stereocenters. The number of nitrogens with zero attached hydrogens (tertiary/aromatic N) is 3. The van der Waals surface area contributed by atoms with Gasteiger partial charge in [-0.15, -0.1) is 11.3 Å². The second-order valence-corrected chi connectivity index (χ2v) is 5.49. The van der Waals surface area contributed by atoms with E-state index in [0.717, 1.165) is 20.3 Å². The summed E-state index contributed by atoms with van der Waals surface area (Å²) in [5.41, 5.74) is 4.69. The lowest BCUT2D eigenvalue weighted by Gasteiger charge is -2.12. The molecule has 0 aliphatic carbocycles. The summed E-state index contributed by atoms with van der Waals surface area (Å²) in [4.78, 5) is 5.15. The van der Waals surface area contributed by atoms with E-state index < -0.39 is 0 Å². The molecule has 0 radical (unpaired) electrons. The average Bonchev–Trinajstić information content (AvgIpc) is 2.98. The number of nitrogens with two attached hydrogens (primary N) is 1. The zero-order chi connectivity index (χ0) is 12.5. The molecule has 5 nitrogen and oxygen atoms in total. The number of rotatable bonds is 3. The van der Waals surface area contributed by atoms with Gasteiger partial charge in [-0.2, -0.15) is 5.10 Å². The fraction of sp³-hybridized carbons (Fsp3) is 0.0909. The number of fused-ring (bicyclic) bond motifs is 1. The summed E-state index contributed by atoms with van der Waals surface area (Å²) in [6.07, 6.45) is 7.04. The summed E-state index contributed by atoms with van der Waals surface area (Å²) in [6.45, 7) is 0. The van der Waals surface area contributed by atoms with Crippen molar-refractivity contribution < 1.29 is 0 Å². The summed E-state index contributed by atoms with van der Waals surface area (Å²) in [5.74, 6) is 5.65. The molecular weight excluding hydrogens is 270 g/mol. The van der Waals surface area contributed by atoms with E-state index >= 15 is 0 Å². The van der Waals surface area contributed by atoms with Crippen LogP contribution >= 0.6 is 22.9 Å². The van der Waals surface area contributed by atoms with Gasteiger partial charge in [-0.25, -0.2) is 9.94 Å². The molecule has 92 valence electrons. The minimum atomic E-state index is -0.135. The van der Waals surface area contributed by atoms with Crippen molar-refractivity contribution in [1.29, 1.82) is 0 Å². The number of nitrogens with one attached hydrogen (secondary N) is 1. The Labute approximate surface area is 112 Å². The Balaban J connectivity index is 2.11. The van der Waals surface area contributed by atoms with Crippen molar-refractivity contribution in [3.8, 4) is 0 Å². The molecule has 0 amide bonds. The second kappa shape index (κ2) is 4.66. The van der Waals surface area contributed by atoms with Crippen LogP contribution in [0.2, 0.25) is 4.34 Å². The smallest absolute Gasteiger partial charge is 0.0931 e. The van der Waals surface area contributed by atoms with Crippen LogP contribution in [0.15, 0.2) is 36.9 Å². The highest BCUT2D eigenvalue weighted by Crippen LogP contribution is 2.31. The number of aromatic nitrogens is 3. The third-order valence-corrected chi connectivity index (χ3v) is 4.01. The van der Waals surface area contributed by atoms with Crippen molar-refractivity contribution >= 4 is 28.5 Å². The lowest BCUT2D eigenvalue weighted by molar-refractivity contribution is 0.650. The summed E-state index contributed by atoms with van der Waals surface area (Å²) in [7, 11) is 0. The van der Waals surface area contributed by atoms with Gasteiger partial charge in [0.05, 0.1) is 28.3 Å². The number of hydrogen-bond acceptors (Lipinski definition) is 5. The molecule has 0 aromatic carbocycles. The van der Waals surface area contributed by atoms with Crippen LogP contribution in [0.25, 0.3) is 5.52 Å². The standard InChI is InChI=1S/C11H10ClN5S/c12-10-2-1-9(18-10)11(16-13)7-5-15-17-4-3-14-6-8(7)17/h1-6,11,16H,13H2. The van der Waals surface area contributed by atoms with Gasteiger partial charge in [0, 0.05) is 22.8 Å². The van der Waals surface area contributed by atoms with Gasteiger partial charge in [-0.05, 0) is 12.1 Å². The molecule has 0 fully saturated rings. The lowest BCUT2D eigenvalue weighted by atomic mass is 10.1. The highest BCUT2D eigenvalue weighted by molar-refractivity contribution is 7.16. The highest BCUT2D eigenvalue weighted by atomic mass is 35.5. The number of thiophene rings is 1. The Hall–Kier alpha value is -1.47. The predicted molar refractivity (Wildman–Crippen MR) is 71.5 cm³/mol. The maximum Gasteiger partial charge on any atom is 0.0931 e. The van der Waals surface area contributed by atoms with Crippen LogP contribution in [0, 0.1) is 0 Å². The van der Waals surface area contributed by atoms with Crippen LogP contribution in [-0.4, -0.2) is 14.6 Å². The zero-order valence-electron chi connectivity index (χ0n) is 9.25. The topological polar surface area (TPSA) is 68.2 Å². The molecule has 0 bridgehead atoms. The predicted octanol–water partition coefficient (Wildman–Crippen LogP) is 2.00. The Morgan fingerprint density at radius 1 is 1.39 bits per heavy atom. The van der Waals surface area contributed by atoms with Gasteiger partial charge in [0.25, 0.3) is 0 Å². The first-order valence-corrected chi connectivity index (χ1v) is 6.47. The number of hydrogen-bond donors (Lipinski definition) is 2. The molecule has 0 saturated carbocycles. The van der Waals surface area contributed by atoms with Crippen molar-refractivity contribution in [1.82, 2.24) is 20.0 Å². The first kappa shape index (κ1) is 11.6. The maximum absolute atomic E-state index is 5.96. The molecular formula is C11H10ClN5S. The molecule has 3 heterocycles. The van der Waals surface area contributed by atoms with Gasteiger partial charge in [-0.3, -0.25) is 10.8 Å². The number of halogens is 1. The van der Waals surface area contributed by atoms with Crippen LogP contribution in [0.4, 0.5) is 0 Å². The third kappa shape index (κ3) is 1.89. The minimum Gasteiger partial charge on any atom is -0.271 e. The number of hydrazine groups is 1. The van der Waals surface area contributed by atoms with Gasteiger partial charge in [-0.1, -0.05) is 11.6 Å². The van der Waals surface area contributed by atoms with Crippen molar-refractivity contribution in [3.05, 3.63) is 51.7 Å². The van der Waals surface area contributed by atoms with Gasteiger partial charge < -0.3 is 0 Å². The molecule has 1 atom stereocenters. The largest absolute Gasteiger partial charge is 0.271 e. The molecule has 18 heavy (non-hydrogen) atoms. The first-order valence-electron chi connectivity index (χ1n) is 5.28. The molecule has 3 aromatic rings. The fourth-order valence-electron chi connectivity index (χ4n) is 1.88. The molecule has 3 aromatic heterocycles. The van der Waals surface area contributed by atoms with E-state index in [1.54, 1.807) is 29.3 Å². The summed E-state index contributed by atoms with van der Waals surface area (Å²) in [6, 6.07) is 3.68. The fourth-order valence-corrected chi connectivity index (χ4v) is 3.02. The van der Waals surface area contributed by atoms with Crippen LogP contribution in [0.1, 0.15) is 16.5 Å². The summed E-state index contributed by atoms with van der Waals surface area (Å²) < 4.78 is 2.50. The van der Waals surface area contributed by atoms with Crippen molar-refractivity contribution in [2.24, 2.45) is 5.84 Å². The van der Waals surface area contributed by atoms with E-state index in [4.69, 9.17) is 17.4 Å². The van der Waals surface area contributed by atoms with Gasteiger partial charge in [0.1, 0.15) is 0 Å². The normalized spacial score (nSPS) is 13.0. The lowest BCUT2D eigenvalue weighted by Crippen LogP contribution is -2.28. The molecule has 0 saturated heterocycles. The van der Waals surface area contributed by atoms with E-state index in [1.807, 2.05) is 12.1 Å². The van der Waals surface area contributed by atoms with Crippen molar-refractivity contribution in [2.75, 3.05) is 0 Å². The summed E-state index contributed by atoms with van der Waals surface area (Å²) >= 11 is 7.45. The van der Waals surface area contributed by atoms with E-state index in [-0.39, 0.29) is 6.04 Å². The Morgan fingerprint density at radius 2 is 2.28 bits per heavy atom. The SMILES string of the molecule is NNC(c1ccc(Cl)s1)c1cnn2ccncc12. The summed E-state index contributed by atoms with van der Waals surface area (Å²) in [5, 5.41) is 4.27. The van der Waals surface area contributed by atoms with Crippen LogP contribution in [-0.2, 0) is 0 Å². The van der Waals surface area contributed by atoms with Gasteiger partial charge in [0.2, 0.25) is 0 Å². The Kier molecular flexibility index (Phi) is 3.00. The van der Waals surface area contributed by atoms with Gasteiger partial charge in [0.15, 0.2) is 0 Å².